The van der Waals surface area contributed by atoms with Crippen molar-refractivity contribution in [1.82, 2.24) is 4.90 Å². The number of hydrogen-bond donors (Lipinski definition) is 2. The molecule has 0 unspecified atom stereocenters. The number of aliphatic hydroxyl groups excluding tert-OH is 1. The van der Waals surface area contributed by atoms with Gasteiger partial charge in [-0.1, -0.05) is 30.7 Å². The summed E-state index contributed by atoms with van der Waals surface area (Å²) in [5.74, 6) is -0.120. The van der Waals surface area contributed by atoms with Crippen molar-refractivity contribution in [3.63, 3.8) is 0 Å². The summed E-state index contributed by atoms with van der Waals surface area (Å²) in [6.45, 7) is 3.16. The number of anilines is 1. The lowest BCUT2D eigenvalue weighted by atomic mass is 10.1. The van der Waals surface area contributed by atoms with Crippen LogP contribution in [0.25, 0.3) is 0 Å². The minimum absolute atomic E-state index is 0.0327. The zero-order valence-corrected chi connectivity index (χ0v) is 13.9. The van der Waals surface area contributed by atoms with Crippen molar-refractivity contribution in [2.24, 2.45) is 0 Å². The van der Waals surface area contributed by atoms with Gasteiger partial charge in [0, 0.05) is 17.8 Å². The zero-order chi connectivity index (χ0) is 16.8. The molecule has 0 atom stereocenters. The Kier molecular flexibility index (Phi) is 5.62. The minimum Gasteiger partial charge on any atom is -0.392 e. The van der Waals surface area contributed by atoms with E-state index in [0.717, 1.165) is 25.2 Å². The van der Waals surface area contributed by atoms with Gasteiger partial charge in [-0.05, 0) is 61.3 Å². The fraction of sp³-hybridized carbons (Fsp3) is 0.350. The molecule has 24 heavy (non-hydrogen) atoms. The van der Waals surface area contributed by atoms with Crippen molar-refractivity contribution in [3.8, 4) is 0 Å². The molecule has 1 heterocycles. The molecular formula is C20H24N2O2. The molecule has 1 aliphatic rings. The molecule has 2 N–H and O–H groups in total. The summed E-state index contributed by atoms with van der Waals surface area (Å²) >= 11 is 0. The highest BCUT2D eigenvalue weighted by atomic mass is 16.3. The maximum atomic E-state index is 12.5. The third-order valence-electron chi connectivity index (χ3n) is 4.41. The molecule has 1 amide bonds. The van der Waals surface area contributed by atoms with Crippen LogP contribution in [0.5, 0.6) is 0 Å². The van der Waals surface area contributed by atoms with Crippen LogP contribution in [-0.2, 0) is 13.2 Å². The van der Waals surface area contributed by atoms with E-state index in [2.05, 4.69) is 16.3 Å². The van der Waals surface area contributed by atoms with Gasteiger partial charge in [-0.2, -0.15) is 0 Å². The van der Waals surface area contributed by atoms with Gasteiger partial charge >= 0.3 is 0 Å². The Hall–Kier alpha value is -2.17. The molecule has 0 bridgehead atoms. The van der Waals surface area contributed by atoms with Crippen LogP contribution in [0.4, 0.5) is 5.69 Å². The fourth-order valence-electron chi connectivity index (χ4n) is 3.14. The molecule has 0 radical (unpaired) electrons. The lowest BCUT2D eigenvalue weighted by Gasteiger charge is -2.26. The Morgan fingerprint density at radius 1 is 1.00 bits per heavy atom. The molecule has 1 aliphatic heterocycles. The van der Waals surface area contributed by atoms with Crippen LogP contribution in [-0.4, -0.2) is 29.0 Å². The predicted octanol–water partition coefficient (Wildman–Crippen LogP) is 3.42. The number of nitrogens with zero attached hydrogens (tertiary/aromatic N) is 1. The average Bonchev–Trinajstić information content (AvgIpc) is 2.63. The molecule has 1 saturated heterocycles. The Bertz CT molecular complexity index is 694. The lowest BCUT2D eigenvalue weighted by Crippen LogP contribution is -2.29. The van der Waals surface area contributed by atoms with Crippen molar-refractivity contribution < 1.29 is 9.90 Å². The molecule has 0 spiro atoms. The first kappa shape index (κ1) is 16.7. The van der Waals surface area contributed by atoms with Gasteiger partial charge in [-0.15, -0.1) is 0 Å². The van der Waals surface area contributed by atoms with Gasteiger partial charge in [0.15, 0.2) is 0 Å². The van der Waals surface area contributed by atoms with Gasteiger partial charge in [0.2, 0.25) is 0 Å². The molecule has 0 aliphatic carbocycles. The molecular weight excluding hydrogens is 300 g/mol. The van der Waals surface area contributed by atoms with Crippen LogP contribution in [0.3, 0.4) is 0 Å². The molecule has 0 saturated carbocycles. The van der Waals surface area contributed by atoms with E-state index in [9.17, 15) is 9.90 Å². The van der Waals surface area contributed by atoms with Crippen LogP contribution in [0.1, 0.15) is 40.7 Å². The molecule has 3 rings (SSSR count). The number of benzene rings is 2. The Morgan fingerprint density at radius 2 is 1.75 bits per heavy atom. The quantitative estimate of drug-likeness (QED) is 0.886. The van der Waals surface area contributed by atoms with Crippen molar-refractivity contribution in [2.75, 3.05) is 18.4 Å². The molecule has 4 heteroatoms. The first-order chi connectivity index (χ1) is 11.7. The van der Waals surface area contributed by atoms with Crippen LogP contribution in [0.2, 0.25) is 0 Å². The summed E-state index contributed by atoms with van der Waals surface area (Å²) < 4.78 is 0. The maximum Gasteiger partial charge on any atom is 0.255 e. The predicted molar refractivity (Wildman–Crippen MR) is 95.9 cm³/mol. The van der Waals surface area contributed by atoms with Crippen LogP contribution < -0.4 is 5.32 Å². The van der Waals surface area contributed by atoms with Crippen molar-refractivity contribution in [3.05, 3.63) is 65.2 Å². The Labute approximate surface area is 143 Å². The van der Waals surface area contributed by atoms with E-state index in [-0.39, 0.29) is 12.5 Å². The highest BCUT2D eigenvalue weighted by Crippen LogP contribution is 2.16. The number of rotatable bonds is 5. The second-order valence-electron chi connectivity index (χ2n) is 6.35. The van der Waals surface area contributed by atoms with E-state index >= 15 is 0 Å². The number of nitrogens with one attached hydrogen (secondary N) is 1. The summed E-state index contributed by atoms with van der Waals surface area (Å²) in [5.41, 5.74) is 3.33. The van der Waals surface area contributed by atoms with Gasteiger partial charge in [-0.25, -0.2) is 0 Å². The van der Waals surface area contributed by atoms with E-state index in [1.165, 1.54) is 24.8 Å². The van der Waals surface area contributed by atoms with Crippen molar-refractivity contribution >= 4 is 11.6 Å². The zero-order valence-electron chi connectivity index (χ0n) is 13.9. The molecule has 2 aromatic rings. The number of carbonyl (C=O) groups excluding carboxylic acids is 1. The standard InChI is InChI=1S/C20H24N2O2/c23-15-17-7-5-9-19(13-17)21-20(24)18-8-4-6-16(12-18)14-22-10-2-1-3-11-22/h4-9,12-13,23H,1-3,10-11,14-15H2,(H,21,24). The van der Waals surface area contributed by atoms with Crippen LogP contribution in [0, 0.1) is 0 Å². The van der Waals surface area contributed by atoms with E-state index in [0.29, 0.717) is 11.3 Å². The summed E-state index contributed by atoms with van der Waals surface area (Å²) in [5, 5.41) is 12.1. The largest absolute Gasteiger partial charge is 0.392 e. The Morgan fingerprint density at radius 3 is 2.54 bits per heavy atom. The van der Waals surface area contributed by atoms with E-state index in [4.69, 9.17) is 0 Å². The second-order valence-corrected chi connectivity index (χ2v) is 6.35. The number of likely N-dealkylation sites (tertiary alicyclic amines) is 1. The number of piperidine rings is 1. The molecule has 0 aromatic heterocycles. The van der Waals surface area contributed by atoms with E-state index in [1.807, 2.05) is 36.4 Å². The minimum atomic E-state index is -0.120. The first-order valence-electron chi connectivity index (χ1n) is 8.57. The van der Waals surface area contributed by atoms with Crippen LogP contribution in [0.15, 0.2) is 48.5 Å². The van der Waals surface area contributed by atoms with Crippen molar-refractivity contribution in [2.45, 2.75) is 32.4 Å². The smallest absolute Gasteiger partial charge is 0.255 e. The van der Waals surface area contributed by atoms with Gasteiger partial charge in [0.25, 0.3) is 5.91 Å². The van der Waals surface area contributed by atoms with E-state index in [1.54, 1.807) is 6.07 Å². The summed E-state index contributed by atoms with van der Waals surface area (Å²) in [6.07, 6.45) is 3.86. The molecule has 1 fully saturated rings. The Balaban J connectivity index is 1.67. The number of aliphatic hydroxyl groups is 1. The third kappa shape index (κ3) is 4.43. The topological polar surface area (TPSA) is 52.6 Å². The third-order valence-corrected chi connectivity index (χ3v) is 4.41. The normalized spacial score (nSPS) is 15.2. The SMILES string of the molecule is O=C(Nc1cccc(CO)c1)c1cccc(CN2CCCCC2)c1. The summed E-state index contributed by atoms with van der Waals surface area (Å²) in [7, 11) is 0. The monoisotopic (exact) mass is 324 g/mol. The van der Waals surface area contributed by atoms with Gasteiger partial charge in [0.1, 0.15) is 0 Å². The average molecular weight is 324 g/mol. The van der Waals surface area contributed by atoms with Gasteiger partial charge < -0.3 is 10.4 Å². The van der Waals surface area contributed by atoms with Crippen LogP contribution >= 0.6 is 0 Å². The first-order valence-corrected chi connectivity index (χ1v) is 8.57. The number of hydrogen-bond acceptors (Lipinski definition) is 3. The second kappa shape index (κ2) is 8.08. The highest BCUT2D eigenvalue weighted by Gasteiger charge is 2.12. The molecule has 4 nitrogen and oxygen atoms in total. The highest BCUT2D eigenvalue weighted by molar-refractivity contribution is 6.04. The lowest BCUT2D eigenvalue weighted by molar-refractivity contribution is 0.102. The van der Waals surface area contributed by atoms with Gasteiger partial charge in [0.05, 0.1) is 6.61 Å². The summed E-state index contributed by atoms with van der Waals surface area (Å²) in [4.78, 5) is 14.9. The number of carbonyl (C=O) groups is 1. The van der Waals surface area contributed by atoms with Crippen molar-refractivity contribution in [1.29, 1.82) is 0 Å². The fourth-order valence-corrected chi connectivity index (χ4v) is 3.14. The number of amides is 1. The maximum absolute atomic E-state index is 12.5. The van der Waals surface area contributed by atoms with Gasteiger partial charge in [-0.3, -0.25) is 9.69 Å². The molecule has 126 valence electrons. The molecule has 2 aromatic carbocycles. The van der Waals surface area contributed by atoms with E-state index < -0.39 is 0 Å². The summed E-state index contributed by atoms with van der Waals surface area (Å²) in [6, 6.07) is 15.1.